The van der Waals surface area contributed by atoms with Gasteiger partial charge >= 0.3 is 0 Å². The van der Waals surface area contributed by atoms with Crippen LogP contribution in [0.25, 0.3) is 21.6 Å². The lowest BCUT2D eigenvalue weighted by Crippen LogP contribution is -2.07. The number of H-pyrrole nitrogens is 1. The molecule has 0 unspecified atom stereocenters. The van der Waals surface area contributed by atoms with E-state index in [9.17, 15) is 4.79 Å². The highest BCUT2D eigenvalue weighted by Gasteiger charge is 2.09. The van der Waals surface area contributed by atoms with E-state index in [0.717, 1.165) is 16.8 Å². The highest BCUT2D eigenvalue weighted by Crippen LogP contribution is 2.23. The van der Waals surface area contributed by atoms with Crippen LogP contribution in [0.4, 0.5) is 0 Å². The second kappa shape index (κ2) is 4.34. The summed E-state index contributed by atoms with van der Waals surface area (Å²) in [4.78, 5) is 25.3. The zero-order valence-corrected chi connectivity index (χ0v) is 10.6. The summed E-state index contributed by atoms with van der Waals surface area (Å²) in [6.07, 6.45) is 4.31. The first-order chi connectivity index (χ1) is 8.78. The summed E-state index contributed by atoms with van der Waals surface area (Å²) in [5, 5.41) is 0.671. The van der Waals surface area contributed by atoms with E-state index in [0.29, 0.717) is 11.2 Å². The van der Waals surface area contributed by atoms with Crippen molar-refractivity contribution in [3.05, 3.63) is 45.8 Å². The maximum atomic E-state index is 12.0. The van der Waals surface area contributed by atoms with Gasteiger partial charge in [-0.2, -0.15) is 0 Å². The molecule has 0 aromatic carbocycles. The van der Waals surface area contributed by atoms with E-state index in [-0.39, 0.29) is 5.56 Å². The Morgan fingerprint density at radius 1 is 1.44 bits per heavy atom. The largest absolute Gasteiger partial charge is 0.306 e. The molecule has 0 saturated carbocycles. The van der Waals surface area contributed by atoms with Gasteiger partial charge in [-0.1, -0.05) is 6.92 Å². The van der Waals surface area contributed by atoms with Gasteiger partial charge in [0.05, 0.1) is 5.39 Å². The third-order valence-electron chi connectivity index (χ3n) is 2.74. The monoisotopic (exact) mass is 257 g/mol. The van der Waals surface area contributed by atoms with Gasteiger partial charge in [0, 0.05) is 22.8 Å². The Morgan fingerprint density at radius 2 is 2.33 bits per heavy atom. The summed E-state index contributed by atoms with van der Waals surface area (Å²) < 4.78 is 0. The number of rotatable bonds is 2. The Hall–Kier alpha value is -2.01. The molecular weight excluding hydrogens is 246 g/mol. The van der Waals surface area contributed by atoms with Gasteiger partial charge in [-0.3, -0.25) is 9.78 Å². The predicted molar refractivity (Wildman–Crippen MR) is 72.8 cm³/mol. The van der Waals surface area contributed by atoms with Crippen molar-refractivity contribution in [2.75, 3.05) is 0 Å². The van der Waals surface area contributed by atoms with Crippen LogP contribution in [0.1, 0.15) is 11.8 Å². The van der Waals surface area contributed by atoms with E-state index in [2.05, 4.69) is 21.9 Å². The van der Waals surface area contributed by atoms with E-state index in [1.54, 1.807) is 23.7 Å². The lowest BCUT2D eigenvalue weighted by atomic mass is 10.2. The zero-order chi connectivity index (χ0) is 12.5. The standard InChI is InChI=1S/C13H11N3OS/c1-2-9-6-10-12(17)15-11(16-13(10)18-9)8-4-3-5-14-7-8/h3-7H,2H2,1H3,(H,15,16,17). The number of aromatic amines is 1. The Morgan fingerprint density at radius 3 is 3.06 bits per heavy atom. The van der Waals surface area contributed by atoms with Crippen LogP contribution in [0, 0.1) is 0 Å². The molecule has 5 heteroatoms. The number of nitrogens with one attached hydrogen (secondary N) is 1. The van der Waals surface area contributed by atoms with Gasteiger partial charge in [0.2, 0.25) is 0 Å². The highest BCUT2D eigenvalue weighted by molar-refractivity contribution is 7.18. The van der Waals surface area contributed by atoms with E-state index >= 15 is 0 Å². The van der Waals surface area contributed by atoms with Crippen LogP contribution in [0.2, 0.25) is 0 Å². The highest BCUT2D eigenvalue weighted by atomic mass is 32.1. The molecule has 3 aromatic rings. The van der Waals surface area contributed by atoms with Gasteiger partial charge in [-0.05, 0) is 24.6 Å². The van der Waals surface area contributed by atoms with E-state index in [1.807, 2.05) is 18.2 Å². The zero-order valence-electron chi connectivity index (χ0n) is 9.80. The molecule has 1 N–H and O–H groups in total. The van der Waals surface area contributed by atoms with Crippen molar-refractivity contribution >= 4 is 21.6 Å². The number of nitrogens with zero attached hydrogens (tertiary/aromatic N) is 2. The van der Waals surface area contributed by atoms with Gasteiger partial charge in [-0.15, -0.1) is 11.3 Å². The molecule has 4 nitrogen and oxygen atoms in total. The average Bonchev–Trinajstić information content (AvgIpc) is 2.83. The van der Waals surface area contributed by atoms with E-state index < -0.39 is 0 Å². The minimum atomic E-state index is -0.0881. The summed E-state index contributed by atoms with van der Waals surface area (Å²) in [5.41, 5.74) is 0.734. The Labute approximate surface area is 107 Å². The number of thiophene rings is 1. The molecule has 0 aliphatic carbocycles. The normalized spacial score (nSPS) is 10.9. The molecule has 0 atom stereocenters. The summed E-state index contributed by atoms with van der Waals surface area (Å²) in [6.45, 7) is 2.07. The molecule has 0 aliphatic rings. The first-order valence-corrected chi connectivity index (χ1v) is 6.52. The van der Waals surface area contributed by atoms with Crippen LogP contribution in [-0.4, -0.2) is 15.0 Å². The number of hydrogen-bond acceptors (Lipinski definition) is 4. The summed E-state index contributed by atoms with van der Waals surface area (Å²) in [5.74, 6) is 0.574. The first kappa shape index (κ1) is 11.1. The molecule has 0 spiro atoms. The van der Waals surface area contributed by atoms with Crippen molar-refractivity contribution in [3.63, 3.8) is 0 Å². The minimum absolute atomic E-state index is 0.0881. The van der Waals surface area contributed by atoms with Gasteiger partial charge in [-0.25, -0.2) is 4.98 Å². The lowest BCUT2D eigenvalue weighted by Gasteiger charge is -1.99. The number of aromatic nitrogens is 3. The molecule has 3 heterocycles. The maximum Gasteiger partial charge on any atom is 0.259 e. The van der Waals surface area contributed by atoms with Crippen LogP contribution in [0.5, 0.6) is 0 Å². The van der Waals surface area contributed by atoms with Crippen molar-refractivity contribution in [3.8, 4) is 11.4 Å². The Balaban J connectivity index is 2.24. The SMILES string of the molecule is CCc1cc2c(=O)[nH]c(-c3cccnc3)nc2s1. The maximum absolute atomic E-state index is 12.0. The number of hydrogen-bond donors (Lipinski definition) is 1. The summed E-state index contributed by atoms with van der Waals surface area (Å²) >= 11 is 1.57. The third kappa shape index (κ3) is 1.82. The van der Waals surface area contributed by atoms with Gasteiger partial charge in [0.1, 0.15) is 10.7 Å². The van der Waals surface area contributed by atoms with Crippen molar-refractivity contribution in [2.45, 2.75) is 13.3 Å². The molecule has 18 heavy (non-hydrogen) atoms. The molecule has 0 fully saturated rings. The first-order valence-electron chi connectivity index (χ1n) is 5.71. The molecule has 0 radical (unpaired) electrons. The smallest absolute Gasteiger partial charge is 0.259 e. The topological polar surface area (TPSA) is 58.6 Å². The van der Waals surface area contributed by atoms with Crippen molar-refractivity contribution in [1.29, 1.82) is 0 Å². The van der Waals surface area contributed by atoms with E-state index in [4.69, 9.17) is 0 Å². The summed E-state index contributed by atoms with van der Waals surface area (Å²) in [6, 6.07) is 5.62. The fourth-order valence-electron chi connectivity index (χ4n) is 1.80. The van der Waals surface area contributed by atoms with Crippen molar-refractivity contribution < 1.29 is 0 Å². The molecule has 0 aliphatic heterocycles. The number of aryl methyl sites for hydroxylation is 1. The van der Waals surface area contributed by atoms with E-state index in [1.165, 1.54) is 4.88 Å². The Kier molecular flexibility index (Phi) is 2.68. The van der Waals surface area contributed by atoms with Gasteiger partial charge < -0.3 is 4.98 Å². The Bertz CT molecular complexity index is 746. The van der Waals surface area contributed by atoms with Crippen LogP contribution in [0.3, 0.4) is 0 Å². The molecule has 0 bridgehead atoms. The number of fused-ring (bicyclic) bond motifs is 1. The molecule has 90 valence electrons. The van der Waals surface area contributed by atoms with Gasteiger partial charge in [0.25, 0.3) is 5.56 Å². The molecule has 0 saturated heterocycles. The predicted octanol–water partition coefficient (Wildman–Crippen LogP) is 2.61. The fraction of sp³-hybridized carbons (Fsp3) is 0.154. The van der Waals surface area contributed by atoms with Crippen molar-refractivity contribution in [1.82, 2.24) is 15.0 Å². The molecular formula is C13H11N3OS. The quantitative estimate of drug-likeness (QED) is 0.767. The second-order valence-corrected chi connectivity index (χ2v) is 5.06. The van der Waals surface area contributed by atoms with Crippen LogP contribution >= 0.6 is 11.3 Å². The molecule has 3 rings (SSSR count). The molecule has 3 aromatic heterocycles. The van der Waals surface area contributed by atoms with Gasteiger partial charge in [0.15, 0.2) is 0 Å². The third-order valence-corrected chi connectivity index (χ3v) is 3.91. The van der Waals surface area contributed by atoms with Crippen molar-refractivity contribution in [2.24, 2.45) is 0 Å². The number of pyridine rings is 1. The van der Waals surface area contributed by atoms with Crippen LogP contribution in [0.15, 0.2) is 35.4 Å². The van der Waals surface area contributed by atoms with Crippen LogP contribution in [-0.2, 0) is 6.42 Å². The lowest BCUT2D eigenvalue weighted by molar-refractivity contribution is 1.17. The average molecular weight is 257 g/mol. The minimum Gasteiger partial charge on any atom is -0.306 e. The fourth-order valence-corrected chi connectivity index (χ4v) is 2.76. The van der Waals surface area contributed by atoms with Crippen LogP contribution < -0.4 is 5.56 Å². The summed E-state index contributed by atoms with van der Waals surface area (Å²) in [7, 11) is 0. The molecule has 0 amide bonds. The second-order valence-electron chi connectivity index (χ2n) is 3.94.